The van der Waals surface area contributed by atoms with Crippen LogP contribution in [0.15, 0.2) is 6.07 Å². The third-order valence-electron chi connectivity index (χ3n) is 5.38. The first-order valence-corrected chi connectivity index (χ1v) is 10.4. The summed E-state index contributed by atoms with van der Waals surface area (Å²) in [7, 11) is 1.28. The van der Waals surface area contributed by atoms with E-state index in [1.54, 1.807) is 9.80 Å². The van der Waals surface area contributed by atoms with Crippen LogP contribution in [0.1, 0.15) is 37.5 Å². The van der Waals surface area contributed by atoms with Gasteiger partial charge in [-0.05, 0) is 63.3 Å². The Balaban J connectivity index is 1.84. The number of halogens is 2. The standard InChI is InChI=1S/C22H32F2N2O4/c1-15-17-7-9-25(20(27)30-21(2,3)4)8-6-16(17)12-18-19(15)26(10-11-29-18)13-22(23,24)14-28-5/h12H,6-11,13-14H2,1-5H3. The van der Waals surface area contributed by atoms with Gasteiger partial charge in [-0.2, -0.15) is 0 Å². The van der Waals surface area contributed by atoms with Crippen molar-refractivity contribution in [1.82, 2.24) is 4.90 Å². The maximum absolute atomic E-state index is 14.2. The molecule has 0 saturated carbocycles. The second kappa shape index (κ2) is 8.57. The van der Waals surface area contributed by atoms with Crippen molar-refractivity contribution in [2.45, 2.75) is 52.1 Å². The third-order valence-corrected chi connectivity index (χ3v) is 5.38. The lowest BCUT2D eigenvalue weighted by molar-refractivity contribution is -0.0574. The molecule has 0 aliphatic carbocycles. The summed E-state index contributed by atoms with van der Waals surface area (Å²) >= 11 is 0. The van der Waals surface area contributed by atoms with Crippen molar-refractivity contribution in [1.29, 1.82) is 0 Å². The molecule has 168 valence electrons. The Hall–Kier alpha value is -2.09. The molecule has 8 heteroatoms. The Kier molecular flexibility index (Phi) is 6.45. The number of alkyl halides is 2. The van der Waals surface area contributed by atoms with Gasteiger partial charge >= 0.3 is 6.09 Å². The summed E-state index contributed by atoms with van der Waals surface area (Å²) in [5.74, 6) is -2.31. The minimum Gasteiger partial charge on any atom is -0.490 e. The fourth-order valence-corrected chi connectivity index (χ4v) is 4.15. The van der Waals surface area contributed by atoms with Gasteiger partial charge in [0, 0.05) is 20.2 Å². The normalized spacial score (nSPS) is 17.0. The molecule has 2 aliphatic rings. The van der Waals surface area contributed by atoms with Gasteiger partial charge in [-0.15, -0.1) is 0 Å². The smallest absolute Gasteiger partial charge is 0.410 e. The summed E-state index contributed by atoms with van der Waals surface area (Å²) in [5.41, 5.74) is 3.32. The molecule has 6 nitrogen and oxygen atoms in total. The van der Waals surface area contributed by atoms with Gasteiger partial charge in [-0.25, -0.2) is 13.6 Å². The topological polar surface area (TPSA) is 51.2 Å². The highest BCUT2D eigenvalue weighted by atomic mass is 19.3. The molecule has 0 aromatic heterocycles. The van der Waals surface area contributed by atoms with Crippen molar-refractivity contribution in [3.63, 3.8) is 0 Å². The number of ether oxygens (including phenoxy) is 3. The van der Waals surface area contributed by atoms with Crippen LogP contribution in [0.5, 0.6) is 5.75 Å². The van der Waals surface area contributed by atoms with Crippen molar-refractivity contribution in [3.05, 3.63) is 22.8 Å². The first kappa shape index (κ1) is 22.6. The van der Waals surface area contributed by atoms with E-state index in [0.29, 0.717) is 44.8 Å². The lowest BCUT2D eigenvalue weighted by atomic mass is 9.94. The van der Waals surface area contributed by atoms with Crippen LogP contribution in [0, 0.1) is 6.92 Å². The summed E-state index contributed by atoms with van der Waals surface area (Å²) in [6.07, 6.45) is 0.997. The largest absolute Gasteiger partial charge is 0.490 e. The van der Waals surface area contributed by atoms with Gasteiger partial charge in [-0.3, -0.25) is 0 Å². The van der Waals surface area contributed by atoms with E-state index in [1.807, 2.05) is 33.8 Å². The van der Waals surface area contributed by atoms with Gasteiger partial charge in [0.25, 0.3) is 5.92 Å². The summed E-state index contributed by atoms with van der Waals surface area (Å²) < 4.78 is 44.5. The number of carbonyl (C=O) groups is 1. The van der Waals surface area contributed by atoms with E-state index < -0.39 is 24.7 Å². The van der Waals surface area contributed by atoms with Crippen LogP contribution in [0.2, 0.25) is 0 Å². The predicted octanol–water partition coefficient (Wildman–Crippen LogP) is 3.81. The van der Waals surface area contributed by atoms with Gasteiger partial charge < -0.3 is 24.0 Å². The molecular formula is C22H32F2N2O4. The van der Waals surface area contributed by atoms with Gasteiger partial charge in [0.2, 0.25) is 0 Å². The van der Waals surface area contributed by atoms with Crippen molar-refractivity contribution >= 4 is 11.8 Å². The van der Waals surface area contributed by atoms with E-state index >= 15 is 0 Å². The minimum atomic E-state index is -2.95. The molecule has 1 aromatic carbocycles. The van der Waals surface area contributed by atoms with Gasteiger partial charge in [0.1, 0.15) is 24.6 Å². The van der Waals surface area contributed by atoms with E-state index in [-0.39, 0.29) is 6.09 Å². The van der Waals surface area contributed by atoms with E-state index in [0.717, 1.165) is 22.4 Å². The molecule has 0 saturated heterocycles. The van der Waals surface area contributed by atoms with E-state index in [9.17, 15) is 13.6 Å². The second-order valence-electron chi connectivity index (χ2n) is 9.01. The third kappa shape index (κ3) is 5.14. The van der Waals surface area contributed by atoms with Crippen molar-refractivity contribution in [2.75, 3.05) is 51.4 Å². The van der Waals surface area contributed by atoms with Crippen molar-refractivity contribution in [3.8, 4) is 5.75 Å². The Morgan fingerprint density at radius 3 is 2.57 bits per heavy atom. The SMILES string of the molecule is COCC(F)(F)CN1CCOc2cc3c(c(C)c21)CCN(C(=O)OC(C)(C)C)CC3. The van der Waals surface area contributed by atoms with E-state index in [4.69, 9.17) is 9.47 Å². The number of hydrogen-bond acceptors (Lipinski definition) is 5. The number of amides is 1. The fourth-order valence-electron chi connectivity index (χ4n) is 4.15. The lowest BCUT2D eigenvalue weighted by Crippen LogP contribution is -2.44. The number of methoxy groups -OCH3 is 1. The molecule has 1 amide bonds. The quantitative estimate of drug-likeness (QED) is 0.733. The van der Waals surface area contributed by atoms with Crippen LogP contribution < -0.4 is 9.64 Å². The summed E-state index contributed by atoms with van der Waals surface area (Å²) in [6, 6.07) is 1.96. The number of benzene rings is 1. The molecule has 0 fully saturated rings. The summed E-state index contributed by atoms with van der Waals surface area (Å²) in [5, 5.41) is 0. The number of carbonyl (C=O) groups excluding carboxylic acids is 1. The van der Waals surface area contributed by atoms with Crippen LogP contribution in [0.4, 0.5) is 19.3 Å². The maximum Gasteiger partial charge on any atom is 0.410 e. The molecule has 2 heterocycles. The second-order valence-corrected chi connectivity index (χ2v) is 9.01. The zero-order valence-corrected chi connectivity index (χ0v) is 18.5. The molecule has 0 unspecified atom stereocenters. The van der Waals surface area contributed by atoms with Crippen LogP contribution in [-0.4, -0.2) is 69.0 Å². The highest BCUT2D eigenvalue weighted by Gasteiger charge is 2.36. The zero-order valence-electron chi connectivity index (χ0n) is 18.5. The number of fused-ring (bicyclic) bond motifs is 2. The molecule has 0 spiro atoms. The maximum atomic E-state index is 14.2. The molecule has 0 atom stereocenters. The molecule has 0 radical (unpaired) electrons. The number of nitrogens with zero attached hydrogens (tertiary/aromatic N) is 2. The first-order valence-electron chi connectivity index (χ1n) is 10.4. The average Bonchev–Trinajstić information content (AvgIpc) is 2.83. The average molecular weight is 427 g/mol. The Bertz CT molecular complexity index is 792. The van der Waals surface area contributed by atoms with Gasteiger partial charge in [-0.1, -0.05) is 0 Å². The first-order chi connectivity index (χ1) is 14.0. The Labute approximate surface area is 177 Å². The summed E-state index contributed by atoms with van der Waals surface area (Å²) in [4.78, 5) is 15.9. The molecule has 2 aliphatic heterocycles. The predicted molar refractivity (Wildman–Crippen MR) is 111 cm³/mol. The lowest BCUT2D eigenvalue weighted by Gasteiger charge is -2.36. The minimum absolute atomic E-state index is 0.324. The van der Waals surface area contributed by atoms with E-state index in [2.05, 4.69) is 4.74 Å². The van der Waals surface area contributed by atoms with Crippen LogP contribution in [0.3, 0.4) is 0 Å². The molecular weight excluding hydrogens is 394 g/mol. The summed E-state index contributed by atoms with van der Waals surface area (Å²) in [6.45, 7) is 8.31. The van der Waals surface area contributed by atoms with E-state index in [1.165, 1.54) is 7.11 Å². The van der Waals surface area contributed by atoms with Crippen LogP contribution in [0.25, 0.3) is 0 Å². The zero-order chi connectivity index (χ0) is 22.1. The van der Waals surface area contributed by atoms with Crippen LogP contribution >= 0.6 is 0 Å². The molecule has 0 N–H and O–H groups in total. The monoisotopic (exact) mass is 426 g/mol. The van der Waals surface area contributed by atoms with Gasteiger partial charge in [0.15, 0.2) is 0 Å². The molecule has 3 rings (SSSR count). The van der Waals surface area contributed by atoms with Crippen molar-refractivity contribution < 1.29 is 27.8 Å². The number of rotatable bonds is 4. The van der Waals surface area contributed by atoms with Crippen molar-refractivity contribution in [2.24, 2.45) is 0 Å². The Morgan fingerprint density at radius 2 is 1.90 bits per heavy atom. The van der Waals surface area contributed by atoms with Crippen LogP contribution in [-0.2, 0) is 22.3 Å². The highest BCUT2D eigenvalue weighted by Crippen LogP contribution is 2.40. The van der Waals surface area contributed by atoms with Gasteiger partial charge in [0.05, 0.1) is 18.8 Å². The molecule has 1 aromatic rings. The molecule has 30 heavy (non-hydrogen) atoms. The Morgan fingerprint density at radius 1 is 1.20 bits per heavy atom. The number of anilines is 1. The highest BCUT2D eigenvalue weighted by molar-refractivity contribution is 5.71. The number of hydrogen-bond donors (Lipinski definition) is 0. The fraction of sp³-hybridized carbons (Fsp3) is 0.682. The molecule has 0 bridgehead atoms.